The number of hydrogen-bond donors (Lipinski definition) is 1. The summed E-state index contributed by atoms with van der Waals surface area (Å²) in [5, 5.41) is 12.3. The van der Waals surface area contributed by atoms with Gasteiger partial charge in [-0.3, -0.25) is 9.59 Å². The molecule has 0 radical (unpaired) electrons. The van der Waals surface area contributed by atoms with E-state index in [0.717, 1.165) is 28.7 Å². The number of amides is 1. The highest BCUT2D eigenvalue weighted by Crippen LogP contribution is 2.20. The summed E-state index contributed by atoms with van der Waals surface area (Å²) < 4.78 is 3.36. The molecule has 4 aromatic rings. The molecular weight excluding hydrogens is 414 g/mol. The second-order valence-electron chi connectivity index (χ2n) is 8.57. The van der Waals surface area contributed by atoms with Crippen LogP contribution in [0.15, 0.2) is 59.4 Å². The zero-order chi connectivity index (χ0) is 23.5. The average molecular weight is 444 g/mol. The van der Waals surface area contributed by atoms with Crippen molar-refractivity contribution in [2.75, 3.05) is 0 Å². The van der Waals surface area contributed by atoms with E-state index in [4.69, 9.17) is 0 Å². The summed E-state index contributed by atoms with van der Waals surface area (Å²) in [5.41, 5.74) is 4.40. The Morgan fingerprint density at radius 1 is 1.09 bits per heavy atom. The minimum atomic E-state index is -0.333. The number of benzene rings is 2. The van der Waals surface area contributed by atoms with E-state index >= 15 is 0 Å². The van der Waals surface area contributed by atoms with Gasteiger partial charge in [0.1, 0.15) is 0 Å². The lowest BCUT2D eigenvalue weighted by Gasteiger charge is -2.11. The fourth-order valence-electron chi connectivity index (χ4n) is 4.04. The van der Waals surface area contributed by atoms with E-state index in [1.807, 2.05) is 42.5 Å². The number of pyridine rings is 1. The van der Waals surface area contributed by atoms with Gasteiger partial charge >= 0.3 is 0 Å². The monoisotopic (exact) mass is 443 g/mol. The van der Waals surface area contributed by atoms with Gasteiger partial charge in [0.2, 0.25) is 0 Å². The highest BCUT2D eigenvalue weighted by Gasteiger charge is 2.21. The van der Waals surface area contributed by atoms with E-state index in [2.05, 4.69) is 48.5 Å². The molecule has 2 aromatic heterocycles. The van der Waals surface area contributed by atoms with E-state index in [0.29, 0.717) is 23.6 Å². The first kappa shape index (κ1) is 22.5. The first-order chi connectivity index (χ1) is 15.9. The number of nitrogens with one attached hydrogen (secondary N) is 1. The summed E-state index contributed by atoms with van der Waals surface area (Å²) in [6.07, 6.45) is 1.52. The molecule has 1 N–H and O–H groups in total. The second-order valence-corrected chi connectivity index (χ2v) is 8.57. The number of aromatic nitrogens is 4. The summed E-state index contributed by atoms with van der Waals surface area (Å²) in [7, 11) is 1.74. The van der Waals surface area contributed by atoms with Crippen LogP contribution in [0.5, 0.6) is 0 Å². The number of rotatable bonds is 7. The summed E-state index contributed by atoms with van der Waals surface area (Å²) >= 11 is 0. The first-order valence-electron chi connectivity index (χ1n) is 11.3. The van der Waals surface area contributed by atoms with Crippen molar-refractivity contribution in [2.45, 2.75) is 46.1 Å². The number of carbonyl (C=O) groups is 1. The molecule has 0 fully saturated rings. The molecule has 1 amide bonds. The minimum absolute atomic E-state index is 0.123. The lowest BCUT2D eigenvalue weighted by molar-refractivity contribution is 0.0944. The van der Waals surface area contributed by atoms with Crippen molar-refractivity contribution in [3.8, 4) is 5.69 Å². The Morgan fingerprint density at radius 2 is 1.88 bits per heavy atom. The number of carbonyl (C=O) groups excluding carboxylic acids is 1. The van der Waals surface area contributed by atoms with Crippen LogP contribution in [0.2, 0.25) is 0 Å². The van der Waals surface area contributed by atoms with Crippen LogP contribution in [0.4, 0.5) is 0 Å². The van der Waals surface area contributed by atoms with Crippen molar-refractivity contribution in [2.24, 2.45) is 7.05 Å². The molecule has 0 saturated heterocycles. The van der Waals surface area contributed by atoms with Gasteiger partial charge in [-0.15, -0.1) is 5.10 Å². The molecule has 0 spiro atoms. The van der Waals surface area contributed by atoms with Crippen molar-refractivity contribution in [1.82, 2.24) is 24.9 Å². The fraction of sp³-hybridized carbons (Fsp3) is 0.308. The Hall–Kier alpha value is -3.74. The van der Waals surface area contributed by atoms with Gasteiger partial charge in [-0.1, -0.05) is 62.7 Å². The van der Waals surface area contributed by atoms with E-state index in [1.54, 1.807) is 16.3 Å². The van der Waals surface area contributed by atoms with Crippen LogP contribution in [0.3, 0.4) is 0 Å². The zero-order valence-corrected chi connectivity index (χ0v) is 19.5. The maximum atomic E-state index is 13.1. The molecule has 7 heteroatoms. The molecule has 0 aliphatic heterocycles. The standard InChI is InChI=1S/C26H29N5O2/c1-5-9-23-24(28-29-31(23)21-12-8-11-18(15-21)17(2)3)25(32)27-16-20-14-19-10-6-7-13-22(19)30(4)26(20)33/h6-8,10-15,17H,5,9,16H2,1-4H3,(H,27,32). The van der Waals surface area contributed by atoms with Crippen LogP contribution >= 0.6 is 0 Å². The van der Waals surface area contributed by atoms with Crippen LogP contribution in [-0.4, -0.2) is 25.5 Å². The van der Waals surface area contributed by atoms with Gasteiger partial charge in [0, 0.05) is 19.2 Å². The maximum absolute atomic E-state index is 13.1. The van der Waals surface area contributed by atoms with Gasteiger partial charge in [-0.25, -0.2) is 4.68 Å². The molecule has 4 rings (SSSR count). The molecule has 0 saturated carbocycles. The zero-order valence-electron chi connectivity index (χ0n) is 19.5. The third-order valence-corrected chi connectivity index (χ3v) is 5.89. The Kier molecular flexibility index (Phi) is 6.40. The molecule has 0 aliphatic carbocycles. The Bertz CT molecular complexity index is 1370. The number of hydrogen-bond acceptors (Lipinski definition) is 4. The van der Waals surface area contributed by atoms with E-state index in [-0.39, 0.29) is 18.0 Å². The molecule has 2 heterocycles. The summed E-state index contributed by atoms with van der Waals surface area (Å²) in [5.74, 6) is 0.0513. The predicted octanol–water partition coefficient (Wildman–Crippen LogP) is 4.13. The van der Waals surface area contributed by atoms with Gasteiger partial charge in [0.25, 0.3) is 11.5 Å². The van der Waals surface area contributed by atoms with Crippen molar-refractivity contribution in [3.63, 3.8) is 0 Å². The third-order valence-electron chi connectivity index (χ3n) is 5.89. The second kappa shape index (κ2) is 9.40. The molecule has 0 unspecified atom stereocenters. The van der Waals surface area contributed by atoms with Crippen molar-refractivity contribution in [1.29, 1.82) is 0 Å². The maximum Gasteiger partial charge on any atom is 0.274 e. The Morgan fingerprint density at radius 3 is 2.64 bits per heavy atom. The van der Waals surface area contributed by atoms with Crippen molar-refractivity contribution in [3.05, 3.63) is 87.5 Å². The van der Waals surface area contributed by atoms with Crippen molar-refractivity contribution < 1.29 is 4.79 Å². The van der Waals surface area contributed by atoms with Crippen LogP contribution in [-0.2, 0) is 20.0 Å². The number of para-hydroxylation sites is 1. The molecular formula is C26H29N5O2. The topological polar surface area (TPSA) is 81.8 Å². The van der Waals surface area contributed by atoms with Crippen LogP contribution < -0.4 is 10.9 Å². The molecule has 7 nitrogen and oxygen atoms in total. The predicted molar refractivity (Wildman–Crippen MR) is 130 cm³/mol. The van der Waals surface area contributed by atoms with Crippen LogP contribution in [0.25, 0.3) is 16.6 Å². The summed E-state index contributed by atoms with van der Waals surface area (Å²) in [6, 6.07) is 17.7. The van der Waals surface area contributed by atoms with Crippen LogP contribution in [0, 0.1) is 0 Å². The van der Waals surface area contributed by atoms with Gasteiger partial charge in [-0.05, 0) is 47.6 Å². The van der Waals surface area contributed by atoms with Gasteiger partial charge in [0.05, 0.1) is 16.9 Å². The molecule has 33 heavy (non-hydrogen) atoms. The quantitative estimate of drug-likeness (QED) is 0.466. The number of fused-ring (bicyclic) bond motifs is 1. The van der Waals surface area contributed by atoms with E-state index in [1.165, 1.54) is 5.56 Å². The van der Waals surface area contributed by atoms with E-state index < -0.39 is 0 Å². The smallest absolute Gasteiger partial charge is 0.274 e. The number of aryl methyl sites for hydroxylation is 1. The molecule has 170 valence electrons. The third kappa shape index (κ3) is 4.44. The number of nitrogens with zero attached hydrogens (tertiary/aromatic N) is 4. The molecule has 0 atom stereocenters. The normalized spacial score (nSPS) is 11.3. The lowest BCUT2D eigenvalue weighted by atomic mass is 10.0. The van der Waals surface area contributed by atoms with Gasteiger partial charge < -0.3 is 9.88 Å². The Labute approximate surface area is 193 Å². The molecule has 2 aromatic carbocycles. The average Bonchev–Trinajstić information content (AvgIpc) is 3.24. The molecule has 0 bridgehead atoms. The van der Waals surface area contributed by atoms with Crippen LogP contribution in [0.1, 0.15) is 60.4 Å². The minimum Gasteiger partial charge on any atom is -0.346 e. The van der Waals surface area contributed by atoms with Gasteiger partial charge in [0.15, 0.2) is 5.69 Å². The largest absolute Gasteiger partial charge is 0.346 e. The Balaban J connectivity index is 1.62. The molecule has 0 aliphatic rings. The fourth-order valence-corrected chi connectivity index (χ4v) is 4.04. The van der Waals surface area contributed by atoms with Gasteiger partial charge in [-0.2, -0.15) is 0 Å². The summed E-state index contributed by atoms with van der Waals surface area (Å²) in [6.45, 7) is 6.46. The highest BCUT2D eigenvalue weighted by molar-refractivity contribution is 5.93. The first-order valence-corrected chi connectivity index (χ1v) is 11.3. The SMILES string of the molecule is CCCc1c(C(=O)NCc2cc3ccccc3n(C)c2=O)nnn1-c1cccc(C(C)C)c1. The summed E-state index contributed by atoms with van der Waals surface area (Å²) in [4.78, 5) is 25.8. The van der Waals surface area contributed by atoms with E-state index in [9.17, 15) is 9.59 Å². The highest BCUT2D eigenvalue weighted by atomic mass is 16.2. The van der Waals surface area contributed by atoms with Crippen molar-refractivity contribution >= 4 is 16.8 Å². The lowest BCUT2D eigenvalue weighted by Crippen LogP contribution is -2.30.